The molecule has 0 aromatic heterocycles. The van der Waals surface area contributed by atoms with Crippen LogP contribution in [0.15, 0.2) is 0 Å². The average Bonchev–Trinajstić information content (AvgIpc) is 2.59. The number of likely N-dealkylation sites (N-methyl/N-ethyl adjacent to an activating group) is 1. The van der Waals surface area contributed by atoms with Gasteiger partial charge < -0.3 is 16.2 Å². The summed E-state index contributed by atoms with van der Waals surface area (Å²) in [7, 11) is 1.97. The Morgan fingerprint density at radius 1 is 1.58 bits per heavy atom. The molecule has 3 atom stereocenters. The molecule has 5 heteroatoms. The number of carbonyl (C=O) groups is 1. The molecule has 1 radical (unpaired) electrons. The molecule has 1 aliphatic heterocycles. The second-order valence-electron chi connectivity index (χ2n) is 5.94. The number of likely N-dealkylation sites (tertiary alicyclic amines) is 1. The van der Waals surface area contributed by atoms with Gasteiger partial charge in [0.15, 0.2) is 0 Å². The van der Waals surface area contributed by atoms with Gasteiger partial charge in [-0.3, -0.25) is 4.79 Å². The molecule has 0 spiro atoms. The van der Waals surface area contributed by atoms with Gasteiger partial charge in [0.2, 0.25) is 0 Å². The molecule has 1 saturated heterocycles. The molecule has 0 aromatic carbocycles. The van der Waals surface area contributed by atoms with Crippen molar-refractivity contribution in [2.45, 2.75) is 52.2 Å². The fourth-order valence-corrected chi connectivity index (χ4v) is 2.49. The number of hydrogen-bond donors (Lipinski definition) is 1. The molecule has 19 heavy (non-hydrogen) atoms. The maximum Gasteiger partial charge on any atom is 0.144 e. The fraction of sp³-hybridized carbons (Fsp3) is 0.714. The standard InChI is InChI=1S/C14H23N2O2.Y/c1-7-18-15-13(14(3,4)5)12-9-8-11(10(2)17)16(12)6;/h1,9,11-13,15H,8H2,2-6H3;/q-1;/t11-,12-,13?;/m1./s1. The van der Waals surface area contributed by atoms with Crippen LogP contribution < -0.4 is 5.48 Å². The molecular formula is C14H23N2O2Y-. The second kappa shape index (κ2) is 7.74. The van der Waals surface area contributed by atoms with Crippen LogP contribution in [0.5, 0.6) is 0 Å². The average molecular weight is 340 g/mol. The molecule has 0 saturated carbocycles. The molecule has 1 rings (SSSR count). The van der Waals surface area contributed by atoms with Crippen molar-refractivity contribution in [2.24, 2.45) is 5.41 Å². The van der Waals surface area contributed by atoms with E-state index in [2.05, 4.69) is 43.7 Å². The summed E-state index contributed by atoms with van der Waals surface area (Å²) < 4.78 is 0. The van der Waals surface area contributed by atoms with Gasteiger partial charge in [0, 0.05) is 44.8 Å². The Balaban J connectivity index is 0.00000324. The zero-order valence-corrected chi connectivity index (χ0v) is 15.3. The van der Waals surface area contributed by atoms with Gasteiger partial charge in [0.25, 0.3) is 0 Å². The summed E-state index contributed by atoms with van der Waals surface area (Å²) in [4.78, 5) is 18.6. The third-order valence-electron chi connectivity index (χ3n) is 3.55. The van der Waals surface area contributed by atoms with Gasteiger partial charge in [0.05, 0.1) is 0 Å². The Hall–Kier alpha value is 0.0539. The molecule has 0 bridgehead atoms. The van der Waals surface area contributed by atoms with Crippen molar-refractivity contribution in [1.82, 2.24) is 10.4 Å². The van der Waals surface area contributed by atoms with E-state index >= 15 is 0 Å². The summed E-state index contributed by atoms with van der Waals surface area (Å²) in [5.74, 6) is 0.196. The first-order valence-electron chi connectivity index (χ1n) is 6.21. The molecule has 1 heterocycles. The van der Waals surface area contributed by atoms with Crippen molar-refractivity contribution in [1.29, 1.82) is 0 Å². The zero-order chi connectivity index (χ0) is 13.9. The number of nitrogens with zero attached hydrogens (tertiary/aromatic N) is 1. The van der Waals surface area contributed by atoms with Gasteiger partial charge in [-0.1, -0.05) is 33.2 Å². The molecule has 0 aromatic rings. The Labute approximate surface area is 141 Å². The van der Waals surface area contributed by atoms with Crippen molar-refractivity contribution < 1.29 is 42.3 Å². The van der Waals surface area contributed by atoms with Crippen LogP contribution in [0, 0.1) is 24.4 Å². The largest absolute Gasteiger partial charge is 0.356 e. The predicted octanol–water partition coefficient (Wildman–Crippen LogP) is 1.38. The van der Waals surface area contributed by atoms with Crippen molar-refractivity contribution in [3.63, 3.8) is 0 Å². The normalized spacial score (nSPS) is 25.3. The van der Waals surface area contributed by atoms with Crippen LogP contribution in [0.3, 0.4) is 0 Å². The van der Waals surface area contributed by atoms with Crippen LogP contribution in [0.1, 0.15) is 34.1 Å². The van der Waals surface area contributed by atoms with E-state index in [1.54, 1.807) is 6.92 Å². The van der Waals surface area contributed by atoms with Gasteiger partial charge in [0.1, 0.15) is 11.9 Å². The van der Waals surface area contributed by atoms with Gasteiger partial charge in [-0.2, -0.15) is 6.42 Å². The summed E-state index contributed by atoms with van der Waals surface area (Å²) in [6, 6.07) is 0.127. The summed E-state index contributed by atoms with van der Waals surface area (Å²) in [6.45, 7) is 7.99. The first-order chi connectivity index (χ1) is 8.29. The number of carbonyl (C=O) groups excluding carboxylic acids is 1. The van der Waals surface area contributed by atoms with Gasteiger partial charge in [-0.25, -0.2) is 0 Å². The summed E-state index contributed by atoms with van der Waals surface area (Å²) in [5, 5.41) is 0. The minimum absolute atomic E-state index is 0. The van der Waals surface area contributed by atoms with Crippen LogP contribution in [-0.2, 0) is 42.3 Å². The van der Waals surface area contributed by atoms with Crippen LogP contribution in [0.4, 0.5) is 0 Å². The predicted molar refractivity (Wildman–Crippen MR) is 71.2 cm³/mol. The maximum absolute atomic E-state index is 11.5. The smallest absolute Gasteiger partial charge is 0.144 e. The van der Waals surface area contributed by atoms with E-state index in [4.69, 9.17) is 11.3 Å². The number of nitrogens with one attached hydrogen (secondary N) is 1. The zero-order valence-electron chi connectivity index (χ0n) is 12.4. The summed E-state index contributed by atoms with van der Waals surface area (Å²) >= 11 is 0. The molecule has 1 fully saturated rings. The van der Waals surface area contributed by atoms with E-state index < -0.39 is 0 Å². The van der Waals surface area contributed by atoms with E-state index in [0.29, 0.717) is 0 Å². The van der Waals surface area contributed by atoms with Crippen LogP contribution in [0.2, 0.25) is 0 Å². The van der Waals surface area contributed by atoms with Crippen molar-refractivity contribution in [3.8, 4) is 12.5 Å². The third kappa shape index (κ3) is 4.83. The van der Waals surface area contributed by atoms with E-state index in [-0.39, 0.29) is 62.0 Å². The molecule has 0 aliphatic carbocycles. The minimum Gasteiger partial charge on any atom is -0.356 e. The van der Waals surface area contributed by atoms with Gasteiger partial charge >= 0.3 is 0 Å². The van der Waals surface area contributed by atoms with E-state index in [1.165, 1.54) is 0 Å². The topological polar surface area (TPSA) is 41.6 Å². The monoisotopic (exact) mass is 340 g/mol. The third-order valence-corrected chi connectivity index (χ3v) is 3.55. The molecule has 1 unspecified atom stereocenters. The molecule has 105 valence electrons. The van der Waals surface area contributed by atoms with Crippen LogP contribution >= 0.6 is 0 Å². The number of Topliss-reactive ketones (excluding diaryl/α,β-unsaturated/α-hetero) is 1. The minimum atomic E-state index is -0.0347. The SMILES string of the molecule is C#CONC([C@H]1[CH-]C[C@H](C(C)=O)N1C)C(C)(C)C.[Y]. The van der Waals surface area contributed by atoms with Gasteiger partial charge in [-0.15, -0.1) is 5.48 Å². The number of ketones is 1. The Morgan fingerprint density at radius 2 is 2.16 bits per heavy atom. The van der Waals surface area contributed by atoms with Crippen LogP contribution in [0.25, 0.3) is 0 Å². The Bertz CT molecular complexity index is 346. The van der Waals surface area contributed by atoms with E-state index in [1.807, 2.05) is 7.05 Å². The van der Waals surface area contributed by atoms with E-state index in [9.17, 15) is 4.79 Å². The molecule has 4 nitrogen and oxygen atoms in total. The van der Waals surface area contributed by atoms with Crippen LogP contribution in [-0.4, -0.2) is 35.9 Å². The number of hydroxylamine groups is 1. The van der Waals surface area contributed by atoms with Crippen molar-refractivity contribution in [3.05, 3.63) is 6.42 Å². The summed E-state index contributed by atoms with van der Waals surface area (Å²) in [6.07, 6.45) is 10.2. The quantitative estimate of drug-likeness (QED) is 0.477. The second-order valence-corrected chi connectivity index (χ2v) is 5.94. The number of rotatable bonds is 4. The Kier molecular flexibility index (Phi) is 7.76. The van der Waals surface area contributed by atoms with E-state index in [0.717, 1.165) is 6.42 Å². The molecular weight excluding hydrogens is 317 g/mol. The first-order valence-corrected chi connectivity index (χ1v) is 6.21. The van der Waals surface area contributed by atoms with Crippen molar-refractivity contribution >= 4 is 5.78 Å². The maximum atomic E-state index is 11.5. The summed E-state index contributed by atoms with van der Waals surface area (Å²) in [5.41, 5.74) is 2.89. The van der Waals surface area contributed by atoms with Gasteiger partial charge in [-0.05, 0) is 19.4 Å². The van der Waals surface area contributed by atoms with Crippen molar-refractivity contribution in [2.75, 3.05) is 7.05 Å². The Morgan fingerprint density at radius 3 is 2.53 bits per heavy atom. The molecule has 0 amide bonds. The fourth-order valence-electron chi connectivity index (χ4n) is 2.49. The first kappa shape index (κ1) is 19.1. The number of terminal acetylenes is 1. The molecule has 1 N–H and O–H groups in total. The number of hydrogen-bond acceptors (Lipinski definition) is 4. The molecule has 1 aliphatic rings.